The van der Waals surface area contributed by atoms with E-state index in [1.165, 1.54) is 12.1 Å². The Morgan fingerprint density at radius 2 is 2.00 bits per heavy atom. The first-order valence-corrected chi connectivity index (χ1v) is 5.91. The van der Waals surface area contributed by atoms with Gasteiger partial charge < -0.3 is 10.6 Å². The van der Waals surface area contributed by atoms with Crippen LogP contribution in [0.25, 0.3) is 0 Å². The third-order valence-electron chi connectivity index (χ3n) is 2.81. The summed E-state index contributed by atoms with van der Waals surface area (Å²) in [5.41, 5.74) is 6.55. The van der Waals surface area contributed by atoms with Crippen molar-refractivity contribution in [2.75, 3.05) is 24.2 Å². The molecule has 2 rings (SSSR count). The number of hydrogen-bond acceptors (Lipinski definition) is 3. The van der Waals surface area contributed by atoms with Crippen LogP contribution in [0.2, 0.25) is 0 Å². The van der Waals surface area contributed by atoms with E-state index >= 15 is 0 Å². The van der Waals surface area contributed by atoms with Crippen LogP contribution >= 0.6 is 0 Å². The van der Waals surface area contributed by atoms with Crippen molar-refractivity contribution in [1.82, 2.24) is 9.78 Å². The molecule has 1 heterocycles. The number of anilines is 2. The van der Waals surface area contributed by atoms with E-state index in [0.29, 0.717) is 5.82 Å². The molecule has 0 saturated heterocycles. The Morgan fingerprint density at radius 3 is 2.61 bits per heavy atom. The summed E-state index contributed by atoms with van der Waals surface area (Å²) >= 11 is 0. The number of aryl methyl sites for hydroxylation is 1. The van der Waals surface area contributed by atoms with Crippen LogP contribution < -0.4 is 10.6 Å². The van der Waals surface area contributed by atoms with Crippen molar-refractivity contribution >= 4 is 11.5 Å². The minimum absolute atomic E-state index is 0.209. The number of benzene rings is 1. The molecule has 0 fully saturated rings. The number of nitrogens with zero attached hydrogens (tertiary/aromatic N) is 3. The summed E-state index contributed by atoms with van der Waals surface area (Å²) in [5, 5.41) is 4.12. The van der Waals surface area contributed by atoms with Gasteiger partial charge >= 0.3 is 0 Å². The highest BCUT2D eigenvalue weighted by atomic mass is 19.1. The number of rotatable bonds is 5. The minimum atomic E-state index is -0.209. The maximum atomic E-state index is 12.8. The van der Waals surface area contributed by atoms with Crippen LogP contribution in [0.3, 0.4) is 0 Å². The summed E-state index contributed by atoms with van der Waals surface area (Å²) < 4.78 is 14.6. The highest BCUT2D eigenvalue weighted by molar-refractivity contribution is 5.45. The molecule has 0 aliphatic rings. The first-order chi connectivity index (χ1) is 8.65. The molecule has 5 heteroatoms. The molecule has 0 unspecified atom stereocenters. The lowest BCUT2D eigenvalue weighted by molar-refractivity contribution is 0.579. The first kappa shape index (κ1) is 12.4. The molecule has 2 N–H and O–H groups in total. The Labute approximate surface area is 106 Å². The van der Waals surface area contributed by atoms with E-state index in [1.807, 2.05) is 17.9 Å². The van der Waals surface area contributed by atoms with Crippen molar-refractivity contribution in [2.45, 2.75) is 13.0 Å². The number of hydrogen-bond donors (Lipinski definition) is 1. The fourth-order valence-corrected chi connectivity index (χ4v) is 1.80. The van der Waals surface area contributed by atoms with E-state index in [-0.39, 0.29) is 5.82 Å². The first-order valence-electron chi connectivity index (χ1n) is 5.91. The Bertz CT molecular complexity index is 492. The molecule has 0 bridgehead atoms. The van der Waals surface area contributed by atoms with E-state index in [0.717, 1.165) is 25.2 Å². The van der Waals surface area contributed by atoms with Gasteiger partial charge in [-0.2, -0.15) is 5.10 Å². The van der Waals surface area contributed by atoms with Gasteiger partial charge in [-0.25, -0.2) is 4.39 Å². The summed E-state index contributed by atoms with van der Waals surface area (Å²) in [5.74, 6) is 0.334. The summed E-state index contributed by atoms with van der Waals surface area (Å²) in [7, 11) is 1.99. The molecule has 0 amide bonds. The molecule has 0 saturated carbocycles. The van der Waals surface area contributed by atoms with Gasteiger partial charge in [-0.3, -0.25) is 4.68 Å². The monoisotopic (exact) mass is 248 g/mol. The Kier molecular flexibility index (Phi) is 3.82. The zero-order valence-electron chi connectivity index (χ0n) is 10.4. The lowest BCUT2D eigenvalue weighted by Gasteiger charge is -2.19. The maximum absolute atomic E-state index is 12.8. The van der Waals surface area contributed by atoms with E-state index in [9.17, 15) is 4.39 Å². The average molecular weight is 248 g/mol. The predicted molar refractivity (Wildman–Crippen MR) is 70.9 cm³/mol. The minimum Gasteiger partial charge on any atom is -0.382 e. The third kappa shape index (κ3) is 3.23. The largest absolute Gasteiger partial charge is 0.382 e. The summed E-state index contributed by atoms with van der Waals surface area (Å²) in [6, 6.07) is 8.28. The van der Waals surface area contributed by atoms with Gasteiger partial charge in [0, 0.05) is 32.0 Å². The van der Waals surface area contributed by atoms with E-state index in [1.54, 1.807) is 18.2 Å². The van der Waals surface area contributed by atoms with Crippen molar-refractivity contribution in [1.29, 1.82) is 0 Å². The van der Waals surface area contributed by atoms with Gasteiger partial charge in [-0.1, -0.05) is 0 Å². The molecule has 96 valence electrons. The van der Waals surface area contributed by atoms with Crippen LogP contribution in [0.15, 0.2) is 36.5 Å². The molecule has 1 aromatic heterocycles. The molecule has 0 atom stereocenters. The SMILES string of the molecule is CN(CCCn1ccc(N)n1)c1ccc(F)cc1. The van der Waals surface area contributed by atoms with Crippen LogP contribution in [-0.4, -0.2) is 23.4 Å². The van der Waals surface area contributed by atoms with Gasteiger partial charge in [-0.15, -0.1) is 0 Å². The number of aromatic nitrogens is 2. The second-order valence-electron chi connectivity index (χ2n) is 4.26. The fourth-order valence-electron chi connectivity index (χ4n) is 1.80. The van der Waals surface area contributed by atoms with Gasteiger partial charge in [0.1, 0.15) is 11.6 Å². The predicted octanol–water partition coefficient (Wildman–Crippen LogP) is 2.13. The molecule has 0 aliphatic carbocycles. The normalized spacial score (nSPS) is 10.6. The van der Waals surface area contributed by atoms with Crippen LogP contribution in [0.5, 0.6) is 0 Å². The molecule has 0 spiro atoms. The molecule has 4 nitrogen and oxygen atoms in total. The van der Waals surface area contributed by atoms with Crippen LogP contribution in [0, 0.1) is 5.82 Å². The van der Waals surface area contributed by atoms with Crippen LogP contribution in [0.4, 0.5) is 15.9 Å². The van der Waals surface area contributed by atoms with E-state index in [4.69, 9.17) is 5.73 Å². The van der Waals surface area contributed by atoms with Gasteiger partial charge in [0.25, 0.3) is 0 Å². The Morgan fingerprint density at radius 1 is 1.28 bits per heavy atom. The number of nitrogens with two attached hydrogens (primary N) is 1. The Hall–Kier alpha value is -2.04. The lowest BCUT2D eigenvalue weighted by Crippen LogP contribution is -2.20. The molecule has 0 radical (unpaired) electrons. The average Bonchev–Trinajstić information content (AvgIpc) is 2.76. The zero-order chi connectivity index (χ0) is 13.0. The quantitative estimate of drug-likeness (QED) is 0.881. The molecule has 0 aliphatic heterocycles. The molecular weight excluding hydrogens is 231 g/mol. The van der Waals surface area contributed by atoms with Crippen molar-refractivity contribution in [3.05, 3.63) is 42.3 Å². The molecular formula is C13H17FN4. The lowest BCUT2D eigenvalue weighted by atomic mass is 10.3. The van der Waals surface area contributed by atoms with Gasteiger partial charge in [-0.05, 0) is 36.8 Å². The van der Waals surface area contributed by atoms with Crippen LogP contribution in [-0.2, 0) is 6.54 Å². The standard InChI is InChI=1S/C13H17FN4/c1-17(12-5-3-11(14)4-6-12)8-2-9-18-10-7-13(15)16-18/h3-7,10H,2,8-9H2,1H3,(H2,15,16). The fraction of sp³-hybridized carbons (Fsp3) is 0.308. The number of halogens is 1. The zero-order valence-corrected chi connectivity index (χ0v) is 10.4. The smallest absolute Gasteiger partial charge is 0.145 e. The van der Waals surface area contributed by atoms with Crippen molar-refractivity contribution in [2.24, 2.45) is 0 Å². The van der Waals surface area contributed by atoms with Crippen molar-refractivity contribution in [3.8, 4) is 0 Å². The van der Waals surface area contributed by atoms with Crippen molar-refractivity contribution in [3.63, 3.8) is 0 Å². The van der Waals surface area contributed by atoms with Gasteiger partial charge in [0.15, 0.2) is 0 Å². The highest BCUT2D eigenvalue weighted by Crippen LogP contribution is 2.13. The molecule has 2 aromatic rings. The molecule has 18 heavy (non-hydrogen) atoms. The van der Waals surface area contributed by atoms with E-state index < -0.39 is 0 Å². The summed E-state index contributed by atoms with van der Waals surface area (Å²) in [4.78, 5) is 2.09. The molecule has 1 aromatic carbocycles. The van der Waals surface area contributed by atoms with Gasteiger partial charge in [0.2, 0.25) is 0 Å². The third-order valence-corrected chi connectivity index (χ3v) is 2.81. The summed E-state index contributed by atoms with van der Waals surface area (Å²) in [6.45, 7) is 1.70. The second kappa shape index (κ2) is 5.53. The maximum Gasteiger partial charge on any atom is 0.145 e. The van der Waals surface area contributed by atoms with E-state index in [2.05, 4.69) is 10.00 Å². The highest BCUT2D eigenvalue weighted by Gasteiger charge is 2.01. The topological polar surface area (TPSA) is 47.1 Å². The van der Waals surface area contributed by atoms with Crippen LogP contribution in [0.1, 0.15) is 6.42 Å². The summed E-state index contributed by atoms with van der Waals surface area (Å²) in [6.07, 6.45) is 2.82. The second-order valence-corrected chi connectivity index (χ2v) is 4.26. The Balaban J connectivity index is 1.81. The van der Waals surface area contributed by atoms with Gasteiger partial charge in [0.05, 0.1) is 0 Å². The number of nitrogen functional groups attached to an aromatic ring is 1. The van der Waals surface area contributed by atoms with Crippen molar-refractivity contribution < 1.29 is 4.39 Å².